The zero-order chi connectivity index (χ0) is 14.0. The van der Waals surface area contributed by atoms with Gasteiger partial charge in [0, 0.05) is 6.42 Å². The summed E-state index contributed by atoms with van der Waals surface area (Å²) in [5.41, 5.74) is 0. The fourth-order valence-corrected chi connectivity index (χ4v) is 2.11. The van der Waals surface area contributed by atoms with Crippen molar-refractivity contribution in [2.24, 2.45) is 5.92 Å². The fraction of sp³-hybridized carbons (Fsp3) is 0.750. The third-order valence-electron chi connectivity index (χ3n) is 2.24. The van der Waals surface area contributed by atoms with Crippen molar-refractivity contribution >= 4 is 40.1 Å². The summed E-state index contributed by atoms with van der Waals surface area (Å²) in [5.74, 6) is -0.958. The summed E-state index contributed by atoms with van der Waals surface area (Å²) in [6.45, 7) is 4.24. The molecule has 1 unspecified atom stereocenters. The van der Waals surface area contributed by atoms with Crippen LogP contribution in [0.3, 0.4) is 0 Å². The summed E-state index contributed by atoms with van der Waals surface area (Å²) < 4.78 is 10.4. The number of ether oxygens (including phenoxy) is 2. The molecular weight excluding hydrogens is 272 g/mol. The van der Waals surface area contributed by atoms with Gasteiger partial charge in [0.05, 0.1) is 23.3 Å². The highest BCUT2D eigenvalue weighted by Gasteiger charge is 2.24. The second-order valence-corrected chi connectivity index (χ2v) is 5.07. The Kier molecular flexibility index (Phi) is 9.96. The van der Waals surface area contributed by atoms with Gasteiger partial charge in [-0.25, -0.2) is 0 Å². The summed E-state index contributed by atoms with van der Waals surface area (Å²) in [5, 5.41) is 0. The molecule has 0 saturated carbocycles. The molecule has 0 heterocycles. The third-order valence-corrected chi connectivity index (χ3v) is 3.71. The molecule has 0 aliphatic rings. The monoisotopic (exact) mass is 292 g/mol. The van der Waals surface area contributed by atoms with Gasteiger partial charge >= 0.3 is 11.9 Å². The standard InChI is InChI=1S/C12H20O4S2/c1-4-15-10(13)8-6-7-9(12(17)18-3)11(14)16-5-2/h9H,4-8H2,1-3H3. The molecule has 0 saturated heterocycles. The first-order valence-corrected chi connectivity index (χ1v) is 7.60. The first-order chi connectivity index (χ1) is 8.56. The van der Waals surface area contributed by atoms with Crippen molar-refractivity contribution in [3.05, 3.63) is 0 Å². The van der Waals surface area contributed by atoms with Crippen molar-refractivity contribution in [3.63, 3.8) is 0 Å². The lowest BCUT2D eigenvalue weighted by Gasteiger charge is -2.14. The maximum Gasteiger partial charge on any atom is 0.314 e. The molecular formula is C12H20O4S2. The molecule has 0 amide bonds. The van der Waals surface area contributed by atoms with E-state index in [0.29, 0.717) is 36.7 Å². The highest BCUT2D eigenvalue weighted by molar-refractivity contribution is 8.22. The topological polar surface area (TPSA) is 52.6 Å². The fourth-order valence-electron chi connectivity index (χ4n) is 1.40. The van der Waals surface area contributed by atoms with Crippen molar-refractivity contribution < 1.29 is 19.1 Å². The first kappa shape index (κ1) is 17.4. The number of thioether (sulfide) groups is 1. The predicted octanol–water partition coefficient (Wildman–Crippen LogP) is 2.59. The van der Waals surface area contributed by atoms with E-state index in [2.05, 4.69) is 0 Å². The van der Waals surface area contributed by atoms with Crippen LogP contribution in [0.1, 0.15) is 33.1 Å². The highest BCUT2D eigenvalue weighted by atomic mass is 32.2. The number of thiocarbonyl (C=S) groups is 1. The molecule has 104 valence electrons. The van der Waals surface area contributed by atoms with Gasteiger partial charge in [-0.15, -0.1) is 11.8 Å². The SMILES string of the molecule is CCOC(=O)CCCC(C(=O)OCC)C(=S)SC. The van der Waals surface area contributed by atoms with Crippen molar-refractivity contribution in [1.82, 2.24) is 0 Å². The van der Waals surface area contributed by atoms with E-state index in [1.807, 2.05) is 6.26 Å². The first-order valence-electron chi connectivity index (χ1n) is 5.96. The van der Waals surface area contributed by atoms with Gasteiger partial charge in [0.15, 0.2) is 0 Å². The lowest BCUT2D eigenvalue weighted by Crippen LogP contribution is -2.23. The summed E-state index contributed by atoms with van der Waals surface area (Å²) in [6.07, 6.45) is 3.24. The van der Waals surface area contributed by atoms with Crippen LogP contribution in [0.5, 0.6) is 0 Å². The average Bonchev–Trinajstić information content (AvgIpc) is 2.34. The van der Waals surface area contributed by atoms with E-state index < -0.39 is 5.92 Å². The van der Waals surface area contributed by atoms with E-state index in [1.54, 1.807) is 13.8 Å². The molecule has 0 aromatic carbocycles. The van der Waals surface area contributed by atoms with Crippen molar-refractivity contribution in [3.8, 4) is 0 Å². The van der Waals surface area contributed by atoms with Gasteiger partial charge in [-0.1, -0.05) is 12.2 Å². The molecule has 0 aliphatic carbocycles. The highest BCUT2D eigenvalue weighted by Crippen LogP contribution is 2.19. The lowest BCUT2D eigenvalue weighted by molar-refractivity contribution is -0.147. The molecule has 6 heteroatoms. The van der Waals surface area contributed by atoms with Crippen LogP contribution in [0, 0.1) is 5.92 Å². The van der Waals surface area contributed by atoms with E-state index >= 15 is 0 Å². The second kappa shape index (κ2) is 10.3. The van der Waals surface area contributed by atoms with Gasteiger partial charge < -0.3 is 9.47 Å². The number of carbonyl (C=O) groups excluding carboxylic acids is 2. The van der Waals surface area contributed by atoms with Crippen molar-refractivity contribution in [1.29, 1.82) is 0 Å². The predicted molar refractivity (Wildman–Crippen MR) is 76.7 cm³/mol. The number of rotatable bonds is 8. The molecule has 0 fully saturated rings. The number of hydrogen-bond donors (Lipinski definition) is 0. The maximum atomic E-state index is 11.7. The lowest BCUT2D eigenvalue weighted by atomic mass is 10.0. The van der Waals surface area contributed by atoms with Crippen LogP contribution < -0.4 is 0 Å². The Morgan fingerprint density at radius 3 is 2.33 bits per heavy atom. The molecule has 0 N–H and O–H groups in total. The molecule has 0 radical (unpaired) electrons. The minimum atomic E-state index is -0.413. The molecule has 0 aromatic heterocycles. The summed E-state index contributed by atoms with van der Waals surface area (Å²) in [6, 6.07) is 0. The second-order valence-electron chi connectivity index (χ2n) is 3.53. The molecule has 0 rings (SSSR count). The van der Waals surface area contributed by atoms with Crippen LogP contribution in [0.25, 0.3) is 0 Å². The largest absolute Gasteiger partial charge is 0.466 e. The van der Waals surface area contributed by atoms with Gasteiger partial charge in [-0.2, -0.15) is 0 Å². The Hall–Kier alpha value is -0.620. The van der Waals surface area contributed by atoms with Crippen LogP contribution in [-0.4, -0.2) is 35.6 Å². The van der Waals surface area contributed by atoms with Gasteiger partial charge in [0.2, 0.25) is 0 Å². The normalized spacial score (nSPS) is 11.7. The van der Waals surface area contributed by atoms with Crippen molar-refractivity contribution in [2.45, 2.75) is 33.1 Å². The van der Waals surface area contributed by atoms with Gasteiger partial charge in [-0.05, 0) is 32.9 Å². The average molecular weight is 292 g/mol. The molecule has 0 bridgehead atoms. The van der Waals surface area contributed by atoms with E-state index in [1.165, 1.54) is 11.8 Å². The Bertz CT molecular complexity index is 292. The van der Waals surface area contributed by atoms with Crippen LogP contribution in [-0.2, 0) is 19.1 Å². The van der Waals surface area contributed by atoms with E-state index in [4.69, 9.17) is 21.7 Å². The smallest absolute Gasteiger partial charge is 0.314 e. The number of esters is 2. The molecule has 0 aliphatic heterocycles. The van der Waals surface area contributed by atoms with E-state index in [9.17, 15) is 9.59 Å². The molecule has 0 spiro atoms. The van der Waals surface area contributed by atoms with Crippen LogP contribution >= 0.6 is 24.0 Å². The maximum absolute atomic E-state index is 11.7. The quantitative estimate of drug-likeness (QED) is 0.506. The van der Waals surface area contributed by atoms with E-state index in [0.717, 1.165) is 0 Å². The minimum absolute atomic E-state index is 0.241. The van der Waals surface area contributed by atoms with Crippen LogP contribution in [0.15, 0.2) is 0 Å². The minimum Gasteiger partial charge on any atom is -0.466 e. The Labute approximate surface area is 118 Å². The molecule has 0 aromatic rings. The zero-order valence-electron chi connectivity index (χ0n) is 11.1. The molecule has 18 heavy (non-hydrogen) atoms. The van der Waals surface area contributed by atoms with Crippen LogP contribution in [0.2, 0.25) is 0 Å². The number of carbonyl (C=O) groups is 2. The van der Waals surface area contributed by atoms with Crippen LogP contribution in [0.4, 0.5) is 0 Å². The summed E-state index contributed by atoms with van der Waals surface area (Å²) in [7, 11) is 0. The Morgan fingerprint density at radius 2 is 1.83 bits per heavy atom. The third kappa shape index (κ3) is 6.96. The van der Waals surface area contributed by atoms with Gasteiger partial charge in [0.25, 0.3) is 0 Å². The zero-order valence-corrected chi connectivity index (χ0v) is 12.7. The number of hydrogen-bond acceptors (Lipinski definition) is 6. The summed E-state index contributed by atoms with van der Waals surface area (Å²) in [4.78, 5) is 22.9. The van der Waals surface area contributed by atoms with E-state index in [-0.39, 0.29) is 11.9 Å². The molecule has 1 atom stereocenters. The van der Waals surface area contributed by atoms with Gasteiger partial charge in [-0.3, -0.25) is 9.59 Å². The summed E-state index contributed by atoms with van der Waals surface area (Å²) >= 11 is 6.51. The van der Waals surface area contributed by atoms with Gasteiger partial charge in [0.1, 0.15) is 0 Å². The molecule has 4 nitrogen and oxygen atoms in total. The van der Waals surface area contributed by atoms with Crippen molar-refractivity contribution in [2.75, 3.05) is 19.5 Å². The Balaban J connectivity index is 4.21. The Morgan fingerprint density at radius 1 is 1.22 bits per heavy atom.